The maximum atomic E-state index is 13.3. The van der Waals surface area contributed by atoms with Gasteiger partial charge in [0.05, 0.1) is 4.90 Å². The number of rotatable bonds is 7. The van der Waals surface area contributed by atoms with Crippen LogP contribution in [0.25, 0.3) is 0 Å². The quantitative estimate of drug-likeness (QED) is 0.585. The lowest BCUT2D eigenvalue weighted by atomic mass is 9.95. The van der Waals surface area contributed by atoms with Crippen LogP contribution in [0.4, 0.5) is 0 Å². The van der Waals surface area contributed by atoms with Crippen LogP contribution in [-0.2, 0) is 21.2 Å². The van der Waals surface area contributed by atoms with Gasteiger partial charge in [0.25, 0.3) is 0 Å². The second-order valence-corrected chi connectivity index (χ2v) is 11.7. The summed E-state index contributed by atoms with van der Waals surface area (Å²) in [4.78, 5) is 15.7. The Labute approximate surface area is 198 Å². The van der Waals surface area contributed by atoms with E-state index in [9.17, 15) is 13.2 Å². The number of sulfonamides is 1. The largest absolute Gasteiger partial charge is 0.339 e. The molecule has 2 aromatic carbocycles. The fourth-order valence-electron chi connectivity index (χ4n) is 5.16. The van der Waals surface area contributed by atoms with Gasteiger partial charge in [0.15, 0.2) is 0 Å². The summed E-state index contributed by atoms with van der Waals surface area (Å²) >= 11 is 0. The molecular weight excluding hydrogens is 432 g/mol. The number of amides is 1. The summed E-state index contributed by atoms with van der Waals surface area (Å²) in [6.45, 7) is 5.84. The predicted octanol–water partition coefficient (Wildman–Crippen LogP) is 4.83. The summed E-state index contributed by atoms with van der Waals surface area (Å²) in [5.41, 5.74) is 2.45. The number of hydrogen-bond donors (Lipinski definition) is 0. The molecule has 1 amide bonds. The minimum Gasteiger partial charge on any atom is -0.339 e. The molecule has 0 spiro atoms. The Morgan fingerprint density at radius 1 is 0.939 bits per heavy atom. The first-order chi connectivity index (χ1) is 15.9. The Morgan fingerprint density at radius 2 is 1.61 bits per heavy atom. The first-order valence-electron chi connectivity index (χ1n) is 12.3. The SMILES string of the molecule is CC(C)c1ccc(S(=O)(=O)N2CCC(C(=O)N3CCCC3CCc3ccccc3)CC2)cc1. The number of benzene rings is 2. The van der Waals surface area contributed by atoms with E-state index in [1.807, 2.05) is 18.2 Å². The molecule has 2 saturated heterocycles. The highest BCUT2D eigenvalue weighted by Crippen LogP contribution is 2.30. The highest BCUT2D eigenvalue weighted by Gasteiger charge is 2.37. The summed E-state index contributed by atoms with van der Waals surface area (Å²) in [5, 5.41) is 0. The fraction of sp³-hybridized carbons (Fsp3) is 0.519. The normalized spacial score (nSPS) is 20.5. The van der Waals surface area contributed by atoms with Crippen LogP contribution < -0.4 is 0 Å². The minimum absolute atomic E-state index is 0.0721. The molecule has 178 valence electrons. The van der Waals surface area contributed by atoms with Gasteiger partial charge in [-0.2, -0.15) is 4.31 Å². The number of likely N-dealkylation sites (tertiary alicyclic amines) is 1. The molecule has 1 unspecified atom stereocenters. The second kappa shape index (κ2) is 10.4. The zero-order valence-electron chi connectivity index (χ0n) is 19.8. The van der Waals surface area contributed by atoms with Gasteiger partial charge in [-0.3, -0.25) is 4.79 Å². The molecular formula is C27H36N2O3S. The van der Waals surface area contributed by atoms with Crippen molar-refractivity contribution in [2.45, 2.75) is 69.2 Å². The Kier molecular flexibility index (Phi) is 7.55. The van der Waals surface area contributed by atoms with E-state index in [1.54, 1.807) is 16.4 Å². The van der Waals surface area contributed by atoms with Crippen molar-refractivity contribution in [3.05, 3.63) is 65.7 Å². The van der Waals surface area contributed by atoms with Crippen molar-refractivity contribution in [1.29, 1.82) is 0 Å². The summed E-state index contributed by atoms with van der Waals surface area (Å²) in [6, 6.07) is 18.0. The standard InChI is InChI=1S/C27H36N2O3S/c1-21(2)23-11-14-26(15-12-23)33(31,32)28-19-16-24(17-20-28)27(30)29-18-6-9-25(29)13-10-22-7-4-3-5-8-22/h3-5,7-8,11-12,14-15,21,24-25H,6,9-10,13,16-20H2,1-2H3. The first kappa shape index (κ1) is 24.0. The van der Waals surface area contributed by atoms with Gasteiger partial charge in [0, 0.05) is 31.6 Å². The Hall–Kier alpha value is -2.18. The molecule has 0 aromatic heterocycles. The van der Waals surface area contributed by atoms with Crippen molar-refractivity contribution in [1.82, 2.24) is 9.21 Å². The molecule has 0 radical (unpaired) electrons. The van der Waals surface area contributed by atoms with Crippen molar-refractivity contribution in [3.8, 4) is 0 Å². The zero-order chi connectivity index (χ0) is 23.4. The molecule has 1 atom stereocenters. The third kappa shape index (κ3) is 5.49. The Balaban J connectivity index is 1.33. The van der Waals surface area contributed by atoms with E-state index < -0.39 is 10.0 Å². The second-order valence-electron chi connectivity index (χ2n) is 9.75. The average Bonchev–Trinajstić information content (AvgIpc) is 3.31. The van der Waals surface area contributed by atoms with Crippen molar-refractivity contribution in [2.75, 3.05) is 19.6 Å². The van der Waals surface area contributed by atoms with Crippen LogP contribution >= 0.6 is 0 Å². The minimum atomic E-state index is -3.51. The van der Waals surface area contributed by atoms with Crippen molar-refractivity contribution in [2.24, 2.45) is 5.92 Å². The molecule has 2 aliphatic heterocycles. The van der Waals surface area contributed by atoms with E-state index in [2.05, 4.69) is 43.0 Å². The molecule has 0 N–H and O–H groups in total. The van der Waals surface area contributed by atoms with Crippen LogP contribution in [0.1, 0.15) is 63.0 Å². The lowest BCUT2D eigenvalue weighted by Crippen LogP contribution is -2.45. The Morgan fingerprint density at radius 3 is 2.24 bits per heavy atom. The van der Waals surface area contributed by atoms with E-state index in [0.29, 0.717) is 42.8 Å². The third-order valence-corrected chi connectivity index (χ3v) is 9.17. The van der Waals surface area contributed by atoms with Crippen LogP contribution in [0, 0.1) is 5.92 Å². The smallest absolute Gasteiger partial charge is 0.243 e. The molecule has 0 saturated carbocycles. The van der Waals surface area contributed by atoms with Crippen molar-refractivity contribution in [3.63, 3.8) is 0 Å². The summed E-state index contributed by atoms with van der Waals surface area (Å²) < 4.78 is 27.8. The van der Waals surface area contributed by atoms with Gasteiger partial charge in [0.2, 0.25) is 15.9 Å². The van der Waals surface area contributed by atoms with Gasteiger partial charge in [-0.1, -0.05) is 56.3 Å². The topological polar surface area (TPSA) is 57.7 Å². The first-order valence-corrected chi connectivity index (χ1v) is 13.7. The number of piperidine rings is 1. The highest BCUT2D eigenvalue weighted by atomic mass is 32.2. The highest BCUT2D eigenvalue weighted by molar-refractivity contribution is 7.89. The maximum Gasteiger partial charge on any atom is 0.243 e. The molecule has 33 heavy (non-hydrogen) atoms. The van der Waals surface area contributed by atoms with Crippen LogP contribution in [0.3, 0.4) is 0 Å². The van der Waals surface area contributed by atoms with E-state index >= 15 is 0 Å². The summed E-state index contributed by atoms with van der Waals surface area (Å²) in [6.07, 6.45) is 5.31. The van der Waals surface area contributed by atoms with E-state index in [0.717, 1.165) is 37.8 Å². The molecule has 2 aromatic rings. The molecule has 4 rings (SSSR count). The van der Waals surface area contributed by atoms with Crippen LogP contribution in [0.2, 0.25) is 0 Å². The summed E-state index contributed by atoms with van der Waals surface area (Å²) in [7, 11) is -3.51. The van der Waals surface area contributed by atoms with Gasteiger partial charge in [-0.25, -0.2) is 8.42 Å². The monoisotopic (exact) mass is 468 g/mol. The molecule has 0 aliphatic carbocycles. The molecule has 5 nitrogen and oxygen atoms in total. The van der Waals surface area contributed by atoms with Gasteiger partial charge >= 0.3 is 0 Å². The fourth-order valence-corrected chi connectivity index (χ4v) is 6.63. The summed E-state index contributed by atoms with van der Waals surface area (Å²) in [5.74, 6) is 0.520. The number of hydrogen-bond acceptors (Lipinski definition) is 3. The molecule has 0 bridgehead atoms. The van der Waals surface area contributed by atoms with Gasteiger partial charge in [-0.05, 0) is 67.7 Å². The number of carbonyl (C=O) groups is 1. The van der Waals surface area contributed by atoms with Gasteiger partial charge < -0.3 is 4.90 Å². The van der Waals surface area contributed by atoms with E-state index in [1.165, 1.54) is 5.56 Å². The van der Waals surface area contributed by atoms with E-state index in [-0.39, 0.29) is 11.8 Å². The lowest BCUT2D eigenvalue weighted by Gasteiger charge is -2.34. The van der Waals surface area contributed by atoms with Crippen LogP contribution in [0.15, 0.2) is 59.5 Å². The molecule has 6 heteroatoms. The lowest BCUT2D eigenvalue weighted by molar-refractivity contribution is -0.137. The number of nitrogens with zero attached hydrogens (tertiary/aromatic N) is 2. The van der Waals surface area contributed by atoms with E-state index in [4.69, 9.17) is 0 Å². The number of carbonyl (C=O) groups excluding carboxylic acids is 1. The number of aryl methyl sites for hydroxylation is 1. The van der Waals surface area contributed by atoms with Crippen LogP contribution in [-0.4, -0.2) is 49.2 Å². The van der Waals surface area contributed by atoms with Crippen molar-refractivity contribution >= 4 is 15.9 Å². The average molecular weight is 469 g/mol. The zero-order valence-corrected chi connectivity index (χ0v) is 20.6. The van der Waals surface area contributed by atoms with Gasteiger partial charge in [0.1, 0.15) is 0 Å². The van der Waals surface area contributed by atoms with Crippen LogP contribution in [0.5, 0.6) is 0 Å². The third-order valence-electron chi connectivity index (χ3n) is 7.26. The molecule has 2 aliphatic rings. The maximum absolute atomic E-state index is 13.3. The van der Waals surface area contributed by atoms with Gasteiger partial charge in [-0.15, -0.1) is 0 Å². The van der Waals surface area contributed by atoms with Crippen molar-refractivity contribution < 1.29 is 13.2 Å². The molecule has 2 fully saturated rings. The predicted molar refractivity (Wildman–Crippen MR) is 132 cm³/mol. The Bertz CT molecular complexity index is 1030. The molecule has 2 heterocycles.